The molecule has 1 heterocycles. The van der Waals surface area contributed by atoms with E-state index in [0.29, 0.717) is 6.42 Å². The van der Waals surface area contributed by atoms with Gasteiger partial charge in [0.05, 0.1) is 17.7 Å². The first-order chi connectivity index (χ1) is 10.7. The molecule has 126 valence electrons. The van der Waals surface area contributed by atoms with Gasteiger partial charge in [-0.3, -0.25) is 4.79 Å². The first kappa shape index (κ1) is 18.0. The number of methoxy groups -OCH3 is 1. The number of carbonyl (C=O) groups excluding carboxylic acids is 1. The summed E-state index contributed by atoms with van der Waals surface area (Å²) in [5.74, 6) is -2.19. The van der Waals surface area contributed by atoms with Crippen LogP contribution in [-0.4, -0.2) is 49.5 Å². The number of halogens is 2. The lowest BCUT2D eigenvalue weighted by atomic mass is 10.2. The van der Waals surface area contributed by atoms with Crippen molar-refractivity contribution in [2.24, 2.45) is 0 Å². The Bertz CT molecular complexity index is 764. The molecular formula is C13H13Cl2NO6S. The second-order valence-corrected chi connectivity index (χ2v) is 7.54. The Morgan fingerprint density at radius 3 is 2.57 bits per heavy atom. The van der Waals surface area contributed by atoms with Crippen molar-refractivity contribution >= 4 is 45.2 Å². The summed E-state index contributed by atoms with van der Waals surface area (Å²) in [6, 6.07) is 1.10. The molecule has 0 radical (unpaired) electrons. The molecular weight excluding hydrogens is 369 g/mol. The van der Waals surface area contributed by atoms with Crippen LogP contribution in [0.25, 0.3) is 0 Å². The lowest BCUT2D eigenvalue weighted by Crippen LogP contribution is -2.41. The van der Waals surface area contributed by atoms with Gasteiger partial charge in [0.25, 0.3) is 0 Å². The minimum absolute atomic E-state index is 0.0267. The Morgan fingerprint density at radius 1 is 1.35 bits per heavy atom. The van der Waals surface area contributed by atoms with Crippen LogP contribution < -0.4 is 0 Å². The Kier molecular flexibility index (Phi) is 5.20. The van der Waals surface area contributed by atoms with E-state index in [4.69, 9.17) is 23.2 Å². The summed E-state index contributed by atoms with van der Waals surface area (Å²) < 4.78 is 31.1. The van der Waals surface area contributed by atoms with E-state index >= 15 is 0 Å². The van der Waals surface area contributed by atoms with Crippen LogP contribution in [0.15, 0.2) is 17.0 Å². The maximum absolute atomic E-state index is 12.8. The molecule has 1 aliphatic heterocycles. The van der Waals surface area contributed by atoms with Gasteiger partial charge in [0.1, 0.15) is 10.9 Å². The van der Waals surface area contributed by atoms with Crippen molar-refractivity contribution in [1.82, 2.24) is 4.31 Å². The van der Waals surface area contributed by atoms with E-state index in [-0.39, 0.29) is 28.6 Å². The van der Waals surface area contributed by atoms with Gasteiger partial charge in [-0.1, -0.05) is 23.2 Å². The molecule has 1 aromatic carbocycles. The topological polar surface area (TPSA) is 101 Å². The van der Waals surface area contributed by atoms with Gasteiger partial charge in [0.15, 0.2) is 0 Å². The van der Waals surface area contributed by atoms with E-state index in [9.17, 15) is 23.1 Å². The third kappa shape index (κ3) is 3.30. The fraction of sp³-hybridized carbons (Fsp3) is 0.385. The van der Waals surface area contributed by atoms with E-state index in [1.807, 2.05) is 0 Å². The zero-order valence-electron chi connectivity index (χ0n) is 12.0. The molecule has 2 rings (SSSR count). The quantitative estimate of drug-likeness (QED) is 0.800. The van der Waals surface area contributed by atoms with Gasteiger partial charge in [0.2, 0.25) is 10.0 Å². The Labute approximate surface area is 142 Å². The Balaban J connectivity index is 2.64. The van der Waals surface area contributed by atoms with Crippen LogP contribution in [0, 0.1) is 0 Å². The maximum Gasteiger partial charge on any atom is 0.339 e. The third-order valence-electron chi connectivity index (χ3n) is 3.47. The number of aliphatic carboxylic acids is 1. The third-order valence-corrected chi connectivity index (χ3v) is 6.11. The highest BCUT2D eigenvalue weighted by atomic mass is 35.5. The SMILES string of the molecule is COC(=O)c1cc(Cl)cc(Cl)c1S(=O)(=O)N1CCCC1C(=O)O. The number of nitrogens with zero attached hydrogens (tertiary/aromatic N) is 1. The normalized spacial score (nSPS) is 18.8. The zero-order valence-corrected chi connectivity index (χ0v) is 14.3. The number of esters is 1. The molecule has 0 saturated carbocycles. The second-order valence-electron chi connectivity index (χ2n) is 4.87. The lowest BCUT2D eigenvalue weighted by Gasteiger charge is -2.22. The van der Waals surface area contributed by atoms with Crippen LogP contribution >= 0.6 is 23.2 Å². The minimum atomic E-state index is -4.31. The molecule has 1 N–H and O–H groups in total. The fourth-order valence-electron chi connectivity index (χ4n) is 2.48. The summed E-state index contributed by atoms with van der Waals surface area (Å²) in [4.78, 5) is 22.6. The molecule has 0 bridgehead atoms. The molecule has 23 heavy (non-hydrogen) atoms. The summed E-state index contributed by atoms with van der Waals surface area (Å²) in [5.41, 5.74) is -0.332. The number of rotatable bonds is 4. The van der Waals surface area contributed by atoms with Crippen molar-refractivity contribution < 1.29 is 27.9 Å². The van der Waals surface area contributed by atoms with Gasteiger partial charge in [-0.15, -0.1) is 0 Å². The molecule has 0 aliphatic carbocycles. The Hall–Kier alpha value is -1.35. The van der Waals surface area contributed by atoms with E-state index < -0.39 is 32.9 Å². The average Bonchev–Trinajstić information content (AvgIpc) is 2.95. The van der Waals surface area contributed by atoms with Crippen LogP contribution in [0.5, 0.6) is 0 Å². The first-order valence-electron chi connectivity index (χ1n) is 6.52. The standard InChI is InChI=1S/C13H13Cl2NO6S/c1-22-13(19)8-5-7(14)6-9(15)11(8)23(20,21)16-4-2-3-10(16)12(17)18/h5-6,10H,2-4H2,1H3,(H,17,18). The number of carboxylic acids is 1. The van der Waals surface area contributed by atoms with Crippen LogP contribution in [0.1, 0.15) is 23.2 Å². The second kappa shape index (κ2) is 6.64. The molecule has 1 aliphatic rings. The predicted octanol–water partition coefficient (Wildman–Crippen LogP) is 2.02. The van der Waals surface area contributed by atoms with E-state index in [2.05, 4.69) is 4.74 Å². The monoisotopic (exact) mass is 381 g/mol. The van der Waals surface area contributed by atoms with Crippen molar-refractivity contribution in [3.05, 3.63) is 27.7 Å². The van der Waals surface area contributed by atoms with Crippen molar-refractivity contribution in [2.45, 2.75) is 23.8 Å². The van der Waals surface area contributed by atoms with Gasteiger partial charge < -0.3 is 9.84 Å². The summed E-state index contributed by atoms with van der Waals surface area (Å²) in [5, 5.41) is 8.97. The van der Waals surface area contributed by atoms with Gasteiger partial charge in [-0.05, 0) is 25.0 Å². The van der Waals surface area contributed by atoms with Gasteiger partial charge >= 0.3 is 11.9 Å². The fourth-order valence-corrected chi connectivity index (χ4v) is 5.12. The van der Waals surface area contributed by atoms with E-state index in [1.54, 1.807) is 0 Å². The largest absolute Gasteiger partial charge is 0.480 e. The lowest BCUT2D eigenvalue weighted by molar-refractivity contribution is -0.140. The van der Waals surface area contributed by atoms with Gasteiger partial charge in [-0.25, -0.2) is 13.2 Å². The average molecular weight is 382 g/mol. The van der Waals surface area contributed by atoms with Crippen molar-refractivity contribution in [2.75, 3.05) is 13.7 Å². The zero-order chi connectivity index (χ0) is 17.4. The minimum Gasteiger partial charge on any atom is -0.480 e. The number of hydrogen-bond acceptors (Lipinski definition) is 5. The van der Waals surface area contributed by atoms with Crippen LogP contribution in [0.2, 0.25) is 10.0 Å². The molecule has 10 heteroatoms. The molecule has 0 amide bonds. The molecule has 1 atom stereocenters. The molecule has 0 spiro atoms. The number of carbonyl (C=O) groups is 2. The number of carboxylic acid groups (broad SMARTS) is 1. The predicted molar refractivity (Wildman–Crippen MR) is 82.4 cm³/mol. The maximum atomic E-state index is 12.8. The Morgan fingerprint density at radius 2 is 2.00 bits per heavy atom. The molecule has 1 saturated heterocycles. The highest BCUT2D eigenvalue weighted by Gasteiger charge is 2.42. The number of sulfonamides is 1. The summed E-state index contributed by atoms with van der Waals surface area (Å²) in [6.07, 6.45) is 0.586. The molecule has 0 aromatic heterocycles. The first-order valence-corrected chi connectivity index (χ1v) is 8.71. The van der Waals surface area contributed by atoms with Crippen molar-refractivity contribution in [3.63, 3.8) is 0 Å². The van der Waals surface area contributed by atoms with Crippen LogP contribution in [0.3, 0.4) is 0 Å². The summed E-state index contributed by atoms with van der Waals surface area (Å²) in [6.45, 7) is 0.0267. The van der Waals surface area contributed by atoms with Crippen LogP contribution in [0.4, 0.5) is 0 Å². The highest BCUT2D eigenvalue weighted by molar-refractivity contribution is 7.89. The molecule has 1 aromatic rings. The molecule has 7 nitrogen and oxygen atoms in total. The number of hydrogen-bond donors (Lipinski definition) is 1. The van der Waals surface area contributed by atoms with Gasteiger partial charge in [-0.2, -0.15) is 4.31 Å². The highest BCUT2D eigenvalue weighted by Crippen LogP contribution is 2.35. The summed E-state index contributed by atoms with van der Waals surface area (Å²) >= 11 is 11.8. The van der Waals surface area contributed by atoms with Crippen molar-refractivity contribution in [3.8, 4) is 0 Å². The summed E-state index contributed by atoms with van der Waals surface area (Å²) in [7, 11) is -3.22. The van der Waals surface area contributed by atoms with E-state index in [1.165, 1.54) is 6.07 Å². The molecule has 1 unspecified atom stereocenters. The number of benzene rings is 1. The smallest absolute Gasteiger partial charge is 0.339 e. The number of ether oxygens (including phenoxy) is 1. The van der Waals surface area contributed by atoms with Crippen molar-refractivity contribution in [1.29, 1.82) is 0 Å². The van der Waals surface area contributed by atoms with E-state index in [0.717, 1.165) is 17.5 Å². The van der Waals surface area contributed by atoms with Gasteiger partial charge in [0, 0.05) is 11.6 Å². The molecule has 1 fully saturated rings. The van der Waals surface area contributed by atoms with Crippen LogP contribution in [-0.2, 0) is 19.6 Å².